The standard InChI is InChI=1S/C23H23ClF3N3O2/c24-17-5-7-18(8-6-17)30-14-15(12-21(30)31)22(32)28-19-13-16(23(25,26)27)4-9-20(19)29-10-2-1-3-11-29/h4-9,13,15H,1-3,10-12,14H2,(H,28,32). The highest BCUT2D eigenvalue weighted by atomic mass is 35.5. The molecule has 9 heteroatoms. The fraction of sp³-hybridized carbons (Fsp3) is 0.391. The molecule has 0 radical (unpaired) electrons. The van der Waals surface area contributed by atoms with Gasteiger partial charge in [0.05, 0.1) is 22.9 Å². The summed E-state index contributed by atoms with van der Waals surface area (Å²) in [5.41, 5.74) is 0.510. The van der Waals surface area contributed by atoms with Crippen LogP contribution in [0, 0.1) is 5.92 Å². The van der Waals surface area contributed by atoms with Gasteiger partial charge in [-0.2, -0.15) is 13.2 Å². The normalized spacial score (nSPS) is 19.4. The second-order valence-electron chi connectivity index (χ2n) is 8.15. The molecule has 2 amide bonds. The van der Waals surface area contributed by atoms with E-state index in [0.717, 1.165) is 44.5 Å². The Morgan fingerprint density at radius 3 is 2.38 bits per heavy atom. The van der Waals surface area contributed by atoms with E-state index in [1.807, 2.05) is 4.90 Å². The lowest BCUT2D eigenvalue weighted by atomic mass is 10.1. The molecule has 0 saturated carbocycles. The van der Waals surface area contributed by atoms with Gasteiger partial charge < -0.3 is 15.1 Å². The SMILES string of the molecule is O=C(Nc1cc(C(F)(F)F)ccc1N1CCCCC1)C1CC(=O)N(c2ccc(Cl)cc2)C1. The van der Waals surface area contributed by atoms with Crippen molar-refractivity contribution in [3.63, 3.8) is 0 Å². The maximum atomic E-state index is 13.3. The van der Waals surface area contributed by atoms with Gasteiger partial charge in [-0.15, -0.1) is 0 Å². The topological polar surface area (TPSA) is 52.7 Å². The van der Waals surface area contributed by atoms with Crippen LogP contribution >= 0.6 is 11.6 Å². The Labute approximate surface area is 189 Å². The summed E-state index contributed by atoms with van der Waals surface area (Å²) in [7, 11) is 0. The summed E-state index contributed by atoms with van der Waals surface area (Å²) in [6.45, 7) is 1.60. The molecule has 2 aromatic carbocycles. The predicted octanol–water partition coefficient (Wildman–Crippen LogP) is 5.34. The Bertz CT molecular complexity index is 1000. The van der Waals surface area contributed by atoms with Gasteiger partial charge in [-0.3, -0.25) is 9.59 Å². The Kier molecular flexibility index (Phi) is 6.33. The van der Waals surface area contributed by atoms with Crippen LogP contribution in [-0.4, -0.2) is 31.4 Å². The number of hydrogen-bond donors (Lipinski definition) is 1. The summed E-state index contributed by atoms with van der Waals surface area (Å²) in [5.74, 6) is -1.35. The second kappa shape index (κ2) is 9.02. The predicted molar refractivity (Wildman–Crippen MR) is 118 cm³/mol. The van der Waals surface area contributed by atoms with Gasteiger partial charge in [0, 0.05) is 36.8 Å². The molecular weight excluding hydrogens is 443 g/mol. The number of amides is 2. The first-order valence-corrected chi connectivity index (χ1v) is 10.9. The van der Waals surface area contributed by atoms with E-state index in [1.165, 1.54) is 11.0 Å². The molecule has 0 aromatic heterocycles. The molecule has 2 fully saturated rings. The van der Waals surface area contributed by atoms with Crippen molar-refractivity contribution in [3.05, 3.63) is 53.1 Å². The zero-order valence-electron chi connectivity index (χ0n) is 17.3. The van der Waals surface area contributed by atoms with Gasteiger partial charge in [0.1, 0.15) is 0 Å². The molecule has 32 heavy (non-hydrogen) atoms. The zero-order chi connectivity index (χ0) is 22.9. The van der Waals surface area contributed by atoms with E-state index in [-0.39, 0.29) is 24.6 Å². The maximum Gasteiger partial charge on any atom is 0.416 e. The van der Waals surface area contributed by atoms with Gasteiger partial charge in [0.15, 0.2) is 0 Å². The third kappa shape index (κ3) is 4.85. The summed E-state index contributed by atoms with van der Waals surface area (Å²) in [6.07, 6.45) is -1.56. The van der Waals surface area contributed by atoms with E-state index in [4.69, 9.17) is 11.6 Å². The van der Waals surface area contributed by atoms with Gasteiger partial charge in [-0.05, 0) is 61.7 Å². The average molecular weight is 466 g/mol. The van der Waals surface area contributed by atoms with Gasteiger partial charge in [-0.1, -0.05) is 11.6 Å². The summed E-state index contributed by atoms with van der Waals surface area (Å²) in [6, 6.07) is 10.2. The molecule has 2 aliphatic rings. The van der Waals surface area contributed by atoms with Gasteiger partial charge in [0.2, 0.25) is 11.8 Å². The number of nitrogens with zero attached hydrogens (tertiary/aromatic N) is 2. The molecule has 1 unspecified atom stereocenters. The molecule has 2 aliphatic heterocycles. The van der Waals surface area contributed by atoms with Crippen LogP contribution in [0.5, 0.6) is 0 Å². The number of carbonyl (C=O) groups excluding carboxylic acids is 2. The van der Waals surface area contributed by atoms with Crippen molar-refractivity contribution in [1.29, 1.82) is 0 Å². The van der Waals surface area contributed by atoms with Crippen molar-refractivity contribution in [2.45, 2.75) is 31.9 Å². The van der Waals surface area contributed by atoms with Crippen LogP contribution in [-0.2, 0) is 15.8 Å². The van der Waals surface area contributed by atoms with Gasteiger partial charge in [-0.25, -0.2) is 0 Å². The number of halogens is 4. The highest BCUT2D eigenvalue weighted by molar-refractivity contribution is 6.30. The molecule has 2 aromatic rings. The lowest BCUT2D eigenvalue weighted by Gasteiger charge is -2.31. The Hall–Kier alpha value is -2.74. The second-order valence-corrected chi connectivity index (χ2v) is 8.58. The molecule has 2 saturated heterocycles. The highest BCUT2D eigenvalue weighted by Crippen LogP contribution is 2.37. The fourth-order valence-corrected chi connectivity index (χ4v) is 4.34. The number of benzene rings is 2. The van der Waals surface area contributed by atoms with E-state index < -0.39 is 23.6 Å². The zero-order valence-corrected chi connectivity index (χ0v) is 18.0. The minimum absolute atomic E-state index is 0.00747. The van der Waals surface area contributed by atoms with Crippen LogP contribution in [0.2, 0.25) is 5.02 Å². The monoisotopic (exact) mass is 465 g/mol. The number of alkyl halides is 3. The first-order valence-electron chi connectivity index (χ1n) is 10.6. The number of rotatable bonds is 4. The molecule has 4 rings (SSSR count). The third-order valence-electron chi connectivity index (χ3n) is 5.91. The first-order chi connectivity index (χ1) is 15.2. The van der Waals surface area contributed by atoms with Crippen molar-refractivity contribution >= 4 is 40.5 Å². The van der Waals surface area contributed by atoms with Crippen molar-refractivity contribution in [3.8, 4) is 0 Å². The van der Waals surface area contributed by atoms with E-state index in [2.05, 4.69) is 5.32 Å². The Morgan fingerprint density at radius 2 is 1.72 bits per heavy atom. The lowest BCUT2D eigenvalue weighted by molar-refractivity contribution is -0.137. The largest absolute Gasteiger partial charge is 0.416 e. The number of hydrogen-bond acceptors (Lipinski definition) is 3. The van der Waals surface area contributed by atoms with E-state index in [0.29, 0.717) is 16.4 Å². The van der Waals surface area contributed by atoms with E-state index in [9.17, 15) is 22.8 Å². The highest BCUT2D eigenvalue weighted by Gasteiger charge is 2.36. The lowest BCUT2D eigenvalue weighted by Crippen LogP contribution is -2.32. The molecule has 5 nitrogen and oxygen atoms in total. The molecule has 0 bridgehead atoms. The first kappa shape index (κ1) is 22.5. The smallest absolute Gasteiger partial charge is 0.370 e. The van der Waals surface area contributed by atoms with Gasteiger partial charge in [0.25, 0.3) is 0 Å². The Balaban J connectivity index is 1.55. The molecule has 1 N–H and O–H groups in total. The van der Waals surface area contributed by atoms with Crippen LogP contribution in [0.4, 0.5) is 30.2 Å². The van der Waals surface area contributed by atoms with E-state index in [1.54, 1.807) is 24.3 Å². The van der Waals surface area contributed by atoms with E-state index >= 15 is 0 Å². The molecule has 0 aliphatic carbocycles. The van der Waals surface area contributed by atoms with Crippen LogP contribution in [0.3, 0.4) is 0 Å². The molecule has 0 spiro atoms. The minimum Gasteiger partial charge on any atom is -0.370 e. The third-order valence-corrected chi connectivity index (χ3v) is 6.16. The average Bonchev–Trinajstić information content (AvgIpc) is 3.16. The van der Waals surface area contributed by atoms with Crippen LogP contribution < -0.4 is 15.1 Å². The van der Waals surface area contributed by atoms with Crippen LogP contribution in [0.15, 0.2) is 42.5 Å². The molecule has 170 valence electrons. The number of nitrogens with one attached hydrogen (secondary N) is 1. The molecule has 2 heterocycles. The summed E-state index contributed by atoms with van der Waals surface area (Å²) in [4.78, 5) is 29.0. The minimum atomic E-state index is -4.52. The summed E-state index contributed by atoms with van der Waals surface area (Å²) in [5, 5.41) is 3.22. The number of piperidine rings is 1. The Morgan fingerprint density at radius 1 is 1.03 bits per heavy atom. The molecular formula is C23H23ClF3N3O2. The number of carbonyl (C=O) groups is 2. The number of anilines is 3. The van der Waals surface area contributed by atoms with Crippen LogP contribution in [0.25, 0.3) is 0 Å². The van der Waals surface area contributed by atoms with Crippen molar-refractivity contribution in [2.24, 2.45) is 5.92 Å². The quantitative estimate of drug-likeness (QED) is 0.663. The van der Waals surface area contributed by atoms with Gasteiger partial charge >= 0.3 is 6.18 Å². The fourth-order valence-electron chi connectivity index (χ4n) is 4.21. The van der Waals surface area contributed by atoms with Crippen molar-refractivity contribution < 1.29 is 22.8 Å². The summed E-state index contributed by atoms with van der Waals surface area (Å²) >= 11 is 5.90. The van der Waals surface area contributed by atoms with Crippen molar-refractivity contribution in [2.75, 3.05) is 34.8 Å². The summed E-state index contributed by atoms with van der Waals surface area (Å²) < 4.78 is 39.9. The van der Waals surface area contributed by atoms with Crippen LogP contribution in [0.1, 0.15) is 31.2 Å². The molecule has 1 atom stereocenters. The maximum absolute atomic E-state index is 13.3. The van der Waals surface area contributed by atoms with Crippen molar-refractivity contribution in [1.82, 2.24) is 0 Å².